The Bertz CT molecular complexity index is 357. The molecule has 0 fully saturated rings. The molecular weight excluding hydrogens is 232 g/mol. The fourth-order valence-corrected chi connectivity index (χ4v) is 1.57. The zero-order valence-corrected chi connectivity index (χ0v) is 10.9. The molecule has 1 aromatic carbocycles. The van der Waals surface area contributed by atoms with Crippen LogP contribution in [0, 0.1) is 0 Å². The Labute approximate surface area is 108 Å². The Morgan fingerprint density at radius 2 is 2.00 bits per heavy atom. The molecule has 1 atom stereocenters. The third-order valence-electron chi connectivity index (χ3n) is 2.48. The number of methoxy groups -OCH3 is 1. The van der Waals surface area contributed by atoms with Gasteiger partial charge in [0, 0.05) is 6.42 Å². The number of ether oxygens (including phenoxy) is 2. The summed E-state index contributed by atoms with van der Waals surface area (Å²) in [5.74, 6) is 0.556. The van der Waals surface area contributed by atoms with E-state index in [2.05, 4.69) is 4.74 Å². The first kappa shape index (κ1) is 14.5. The summed E-state index contributed by atoms with van der Waals surface area (Å²) in [5, 5.41) is 9.25. The Hall–Kier alpha value is -1.55. The Morgan fingerprint density at radius 1 is 1.33 bits per heavy atom. The molecule has 1 N–H and O–H groups in total. The highest BCUT2D eigenvalue weighted by atomic mass is 16.5. The van der Waals surface area contributed by atoms with Gasteiger partial charge in [-0.15, -0.1) is 0 Å². The van der Waals surface area contributed by atoms with Gasteiger partial charge in [0.05, 0.1) is 19.8 Å². The van der Waals surface area contributed by atoms with Gasteiger partial charge in [-0.2, -0.15) is 0 Å². The van der Waals surface area contributed by atoms with Gasteiger partial charge < -0.3 is 14.6 Å². The van der Waals surface area contributed by atoms with Gasteiger partial charge in [0.25, 0.3) is 0 Å². The van der Waals surface area contributed by atoms with E-state index in [4.69, 9.17) is 4.74 Å². The summed E-state index contributed by atoms with van der Waals surface area (Å²) >= 11 is 0. The van der Waals surface area contributed by atoms with Crippen LogP contribution in [0.5, 0.6) is 5.75 Å². The molecule has 0 aliphatic rings. The lowest BCUT2D eigenvalue weighted by Crippen LogP contribution is -2.05. The van der Waals surface area contributed by atoms with Gasteiger partial charge in [0.1, 0.15) is 5.75 Å². The first-order valence-electron chi connectivity index (χ1n) is 6.08. The van der Waals surface area contributed by atoms with Crippen LogP contribution in [0.25, 0.3) is 0 Å². The van der Waals surface area contributed by atoms with Crippen LogP contribution < -0.4 is 4.74 Å². The van der Waals surface area contributed by atoms with Crippen molar-refractivity contribution in [1.82, 2.24) is 0 Å². The van der Waals surface area contributed by atoms with Gasteiger partial charge in [-0.3, -0.25) is 4.79 Å². The van der Waals surface area contributed by atoms with Crippen LogP contribution in [0.3, 0.4) is 0 Å². The largest absolute Gasteiger partial charge is 0.494 e. The number of hydrogen-bond donors (Lipinski definition) is 1. The van der Waals surface area contributed by atoms with E-state index in [1.807, 2.05) is 24.3 Å². The summed E-state index contributed by atoms with van der Waals surface area (Å²) in [4.78, 5) is 10.9. The van der Waals surface area contributed by atoms with E-state index in [1.165, 1.54) is 7.11 Å². The van der Waals surface area contributed by atoms with Crippen LogP contribution >= 0.6 is 0 Å². The van der Waals surface area contributed by atoms with Crippen molar-refractivity contribution in [2.24, 2.45) is 0 Å². The molecule has 0 bridgehead atoms. The van der Waals surface area contributed by atoms with Crippen molar-refractivity contribution in [3.63, 3.8) is 0 Å². The number of aliphatic hydroxyl groups excluding tert-OH is 1. The lowest BCUT2D eigenvalue weighted by molar-refractivity contribution is -0.140. The molecule has 18 heavy (non-hydrogen) atoms. The zero-order valence-electron chi connectivity index (χ0n) is 10.9. The minimum Gasteiger partial charge on any atom is -0.494 e. The zero-order chi connectivity index (χ0) is 13.4. The van der Waals surface area contributed by atoms with Crippen LogP contribution in [0.1, 0.15) is 25.3 Å². The van der Waals surface area contributed by atoms with Crippen molar-refractivity contribution >= 4 is 5.97 Å². The lowest BCUT2D eigenvalue weighted by atomic mass is 10.1. The second kappa shape index (κ2) is 7.71. The molecule has 0 spiro atoms. The van der Waals surface area contributed by atoms with E-state index in [0.717, 1.165) is 11.3 Å². The minimum absolute atomic E-state index is 0.217. The van der Waals surface area contributed by atoms with Crippen LogP contribution in [0.15, 0.2) is 24.3 Å². The molecule has 0 saturated heterocycles. The van der Waals surface area contributed by atoms with Crippen LogP contribution in [0.4, 0.5) is 0 Å². The first-order chi connectivity index (χ1) is 8.61. The molecule has 0 heterocycles. The molecule has 100 valence electrons. The molecule has 1 rings (SSSR count). The van der Waals surface area contributed by atoms with E-state index in [1.54, 1.807) is 6.92 Å². The summed E-state index contributed by atoms with van der Waals surface area (Å²) in [7, 11) is 1.38. The van der Waals surface area contributed by atoms with Crippen molar-refractivity contribution in [2.75, 3.05) is 13.7 Å². The predicted molar refractivity (Wildman–Crippen MR) is 68.6 cm³/mol. The number of hydrogen-bond acceptors (Lipinski definition) is 4. The first-order valence-corrected chi connectivity index (χ1v) is 6.08. The summed E-state index contributed by atoms with van der Waals surface area (Å²) in [6, 6.07) is 7.61. The lowest BCUT2D eigenvalue weighted by Gasteiger charge is -2.08. The van der Waals surface area contributed by atoms with Crippen LogP contribution in [-0.2, 0) is 16.0 Å². The predicted octanol–water partition coefficient (Wildman–Crippen LogP) is 1.94. The second-order valence-corrected chi connectivity index (χ2v) is 4.23. The Morgan fingerprint density at radius 3 is 2.56 bits per heavy atom. The normalized spacial score (nSPS) is 11.9. The van der Waals surface area contributed by atoms with E-state index < -0.39 is 0 Å². The number of carbonyl (C=O) groups is 1. The third-order valence-corrected chi connectivity index (χ3v) is 2.48. The van der Waals surface area contributed by atoms with Crippen molar-refractivity contribution in [2.45, 2.75) is 32.3 Å². The van der Waals surface area contributed by atoms with E-state index in [-0.39, 0.29) is 12.1 Å². The maximum absolute atomic E-state index is 10.9. The highest BCUT2D eigenvalue weighted by molar-refractivity contribution is 5.69. The summed E-state index contributed by atoms with van der Waals surface area (Å²) in [5.41, 5.74) is 1.08. The van der Waals surface area contributed by atoms with Gasteiger partial charge in [0.15, 0.2) is 0 Å². The fourth-order valence-electron chi connectivity index (χ4n) is 1.57. The van der Waals surface area contributed by atoms with E-state index in [9.17, 15) is 9.90 Å². The molecular formula is C14H20O4. The van der Waals surface area contributed by atoms with E-state index in [0.29, 0.717) is 25.9 Å². The number of aliphatic hydroxyl groups is 1. The molecule has 0 saturated carbocycles. The molecule has 0 aromatic heterocycles. The smallest absolute Gasteiger partial charge is 0.305 e. The molecule has 0 radical (unpaired) electrons. The van der Waals surface area contributed by atoms with Gasteiger partial charge >= 0.3 is 5.97 Å². The second-order valence-electron chi connectivity index (χ2n) is 4.23. The number of rotatable bonds is 7. The summed E-state index contributed by atoms with van der Waals surface area (Å²) < 4.78 is 10.0. The quantitative estimate of drug-likeness (QED) is 0.595. The van der Waals surface area contributed by atoms with E-state index >= 15 is 0 Å². The van der Waals surface area contributed by atoms with Crippen molar-refractivity contribution < 1.29 is 19.4 Å². The molecule has 0 aliphatic heterocycles. The van der Waals surface area contributed by atoms with Crippen LogP contribution in [0.2, 0.25) is 0 Å². The summed E-state index contributed by atoms with van der Waals surface area (Å²) in [6.07, 6.45) is 1.32. The Kier molecular flexibility index (Phi) is 6.22. The number of carbonyl (C=O) groups excluding carboxylic acids is 1. The van der Waals surface area contributed by atoms with Gasteiger partial charge in [-0.05, 0) is 37.5 Å². The minimum atomic E-state index is -0.336. The molecule has 0 amide bonds. The average Bonchev–Trinajstić information content (AvgIpc) is 2.35. The Balaban J connectivity index is 2.28. The molecule has 1 aromatic rings. The van der Waals surface area contributed by atoms with Gasteiger partial charge in [0.2, 0.25) is 0 Å². The summed E-state index contributed by atoms with van der Waals surface area (Å²) in [6.45, 7) is 2.25. The van der Waals surface area contributed by atoms with Crippen molar-refractivity contribution in [3.05, 3.63) is 29.8 Å². The monoisotopic (exact) mass is 252 g/mol. The molecule has 4 heteroatoms. The van der Waals surface area contributed by atoms with Gasteiger partial charge in [-0.1, -0.05) is 12.1 Å². The molecule has 1 unspecified atom stereocenters. The number of benzene rings is 1. The van der Waals surface area contributed by atoms with Crippen molar-refractivity contribution in [3.8, 4) is 5.75 Å². The molecule has 4 nitrogen and oxygen atoms in total. The number of esters is 1. The SMILES string of the molecule is COC(=O)CCCOc1ccc(CC(C)O)cc1. The maximum atomic E-state index is 10.9. The third kappa shape index (κ3) is 5.68. The average molecular weight is 252 g/mol. The van der Waals surface area contributed by atoms with Crippen molar-refractivity contribution in [1.29, 1.82) is 0 Å². The molecule has 0 aliphatic carbocycles. The maximum Gasteiger partial charge on any atom is 0.305 e. The highest BCUT2D eigenvalue weighted by Gasteiger charge is 2.01. The standard InChI is InChI=1S/C14H20O4/c1-11(15)10-12-5-7-13(8-6-12)18-9-3-4-14(16)17-2/h5-8,11,15H,3-4,9-10H2,1-2H3. The topological polar surface area (TPSA) is 55.8 Å². The highest BCUT2D eigenvalue weighted by Crippen LogP contribution is 2.13. The fraction of sp³-hybridized carbons (Fsp3) is 0.500. The van der Waals surface area contributed by atoms with Crippen LogP contribution in [-0.4, -0.2) is 30.9 Å². The van der Waals surface area contributed by atoms with Gasteiger partial charge in [-0.25, -0.2) is 0 Å².